The van der Waals surface area contributed by atoms with Crippen LogP contribution < -0.4 is 0 Å². The van der Waals surface area contributed by atoms with Gasteiger partial charge in [0.05, 0.1) is 0 Å². The number of nitrogens with zero attached hydrogens (tertiary/aromatic N) is 1. The Labute approximate surface area is 183 Å². The van der Waals surface area contributed by atoms with Crippen LogP contribution in [0.5, 0.6) is 0 Å². The average molecular weight is 455 g/mol. The third-order valence-corrected chi connectivity index (χ3v) is 5.46. The number of hydrogen-bond acceptors (Lipinski definition) is 2. The van der Waals surface area contributed by atoms with Gasteiger partial charge < -0.3 is 4.90 Å². The van der Waals surface area contributed by atoms with E-state index in [1.807, 2.05) is 0 Å². The molecule has 0 aromatic heterocycles. The molecule has 3 rings (SSSR count). The van der Waals surface area contributed by atoms with Crippen LogP contribution in [0.4, 0.5) is 0 Å². The van der Waals surface area contributed by atoms with Gasteiger partial charge >= 0.3 is 0 Å². The minimum Gasteiger partial charge on any atom is -0.334 e. The molecule has 0 aliphatic carbocycles. The first kappa shape index (κ1) is 20.9. The molecule has 2 aromatic rings. The second-order valence-corrected chi connectivity index (χ2v) is 8.06. The van der Waals surface area contributed by atoms with E-state index in [4.69, 9.17) is 46.4 Å². The van der Waals surface area contributed by atoms with Gasteiger partial charge in [-0.2, -0.15) is 0 Å². The maximum Gasteiger partial charge on any atom is 0.220 e. The van der Waals surface area contributed by atoms with Gasteiger partial charge in [0.1, 0.15) is 0 Å². The number of carbonyl (C=O) groups excluding carboxylic acids is 2. The molecule has 1 amide bonds. The number of carbonyl (C=O) groups is 2. The van der Waals surface area contributed by atoms with Crippen molar-refractivity contribution in [3.05, 3.63) is 78.8 Å². The van der Waals surface area contributed by atoms with E-state index in [2.05, 4.69) is 0 Å². The van der Waals surface area contributed by atoms with Crippen LogP contribution in [0.25, 0.3) is 12.2 Å². The number of Topliss-reactive ketones (excluding diaryl/α,β-unsaturated/α-hetero) is 1. The van der Waals surface area contributed by atoms with Gasteiger partial charge in [-0.15, -0.1) is 0 Å². The van der Waals surface area contributed by atoms with Gasteiger partial charge in [-0.1, -0.05) is 58.5 Å². The first-order valence-electron chi connectivity index (χ1n) is 8.36. The summed E-state index contributed by atoms with van der Waals surface area (Å²) in [5, 5.41) is 1.87. The summed E-state index contributed by atoms with van der Waals surface area (Å²) in [7, 11) is 0. The van der Waals surface area contributed by atoms with E-state index >= 15 is 0 Å². The van der Waals surface area contributed by atoms with Gasteiger partial charge in [0.15, 0.2) is 5.78 Å². The first-order chi connectivity index (χ1) is 13.2. The van der Waals surface area contributed by atoms with Crippen LogP contribution in [-0.4, -0.2) is 29.7 Å². The molecule has 0 N–H and O–H groups in total. The number of benzene rings is 2. The molecular weight excluding hydrogens is 440 g/mol. The Morgan fingerprint density at radius 2 is 1.29 bits per heavy atom. The Kier molecular flexibility index (Phi) is 6.51. The van der Waals surface area contributed by atoms with E-state index in [1.54, 1.807) is 53.5 Å². The third-order valence-electron chi connectivity index (χ3n) is 4.34. The van der Waals surface area contributed by atoms with Crippen molar-refractivity contribution in [1.82, 2.24) is 4.90 Å². The highest BCUT2D eigenvalue weighted by molar-refractivity contribution is 6.36. The predicted octanol–water partition coefficient (Wildman–Crippen LogP) is 6.20. The lowest BCUT2D eigenvalue weighted by atomic mass is 9.94. The zero-order valence-electron chi connectivity index (χ0n) is 14.8. The van der Waals surface area contributed by atoms with E-state index in [-0.39, 0.29) is 24.8 Å². The Balaban J connectivity index is 2.04. The fraction of sp³-hybridized carbons (Fsp3) is 0.143. The molecule has 0 spiro atoms. The van der Waals surface area contributed by atoms with Crippen LogP contribution in [0, 0.1) is 0 Å². The molecule has 1 aliphatic heterocycles. The number of halogens is 4. The molecule has 0 unspecified atom stereocenters. The monoisotopic (exact) mass is 453 g/mol. The fourth-order valence-corrected chi connectivity index (χ4v) is 3.80. The Morgan fingerprint density at radius 1 is 0.857 bits per heavy atom. The highest BCUT2D eigenvalue weighted by Crippen LogP contribution is 2.28. The molecule has 1 heterocycles. The van der Waals surface area contributed by atoms with Gasteiger partial charge in [-0.25, -0.2) is 0 Å². The lowest BCUT2D eigenvalue weighted by Crippen LogP contribution is -2.40. The van der Waals surface area contributed by atoms with Crippen molar-refractivity contribution in [2.75, 3.05) is 13.1 Å². The molecule has 0 radical (unpaired) electrons. The summed E-state index contributed by atoms with van der Waals surface area (Å²) in [6.07, 6.45) is 3.38. The van der Waals surface area contributed by atoms with Gasteiger partial charge in [-0.05, 0) is 47.5 Å². The molecule has 144 valence electrons. The summed E-state index contributed by atoms with van der Waals surface area (Å²) in [4.78, 5) is 26.6. The van der Waals surface area contributed by atoms with E-state index < -0.39 is 0 Å². The van der Waals surface area contributed by atoms with Gasteiger partial charge in [0.25, 0.3) is 0 Å². The smallest absolute Gasteiger partial charge is 0.220 e. The molecule has 2 aromatic carbocycles. The molecule has 1 saturated heterocycles. The van der Waals surface area contributed by atoms with Crippen molar-refractivity contribution in [2.24, 2.45) is 0 Å². The van der Waals surface area contributed by atoms with E-state index in [0.717, 1.165) is 0 Å². The normalized spacial score (nSPS) is 17.5. The summed E-state index contributed by atoms with van der Waals surface area (Å²) in [6, 6.07) is 10.1. The topological polar surface area (TPSA) is 37.4 Å². The lowest BCUT2D eigenvalue weighted by molar-refractivity contribution is -0.129. The summed E-state index contributed by atoms with van der Waals surface area (Å²) in [6.45, 7) is 1.88. The molecular formula is C21H15Cl4NO2. The number of amides is 1. The highest BCUT2D eigenvalue weighted by Gasteiger charge is 2.27. The van der Waals surface area contributed by atoms with Crippen molar-refractivity contribution < 1.29 is 9.59 Å². The highest BCUT2D eigenvalue weighted by atomic mass is 35.5. The number of piperidine rings is 1. The summed E-state index contributed by atoms with van der Waals surface area (Å²) in [5.41, 5.74) is 2.23. The molecule has 0 atom stereocenters. The van der Waals surface area contributed by atoms with Crippen molar-refractivity contribution in [3.63, 3.8) is 0 Å². The van der Waals surface area contributed by atoms with Crippen molar-refractivity contribution >= 4 is 70.2 Å². The number of likely N-dealkylation sites (tertiary alicyclic amines) is 1. The van der Waals surface area contributed by atoms with E-state index in [9.17, 15) is 9.59 Å². The van der Waals surface area contributed by atoms with Gasteiger partial charge in [0.2, 0.25) is 5.91 Å². The standard InChI is InChI=1S/C21H15Cl4NO2/c1-12(27)26-10-15(6-13-2-4-17(22)8-19(13)24)21(28)16(11-26)7-14-3-5-18(23)9-20(14)25/h2-9H,10-11H2,1H3/b15-6-,16-7+. The van der Waals surface area contributed by atoms with Crippen molar-refractivity contribution in [1.29, 1.82) is 0 Å². The Morgan fingerprint density at radius 3 is 1.64 bits per heavy atom. The van der Waals surface area contributed by atoms with E-state index in [0.29, 0.717) is 42.4 Å². The molecule has 0 saturated carbocycles. The molecule has 3 nitrogen and oxygen atoms in total. The minimum absolute atomic E-state index is 0.131. The van der Waals surface area contributed by atoms with Crippen LogP contribution in [0.3, 0.4) is 0 Å². The van der Waals surface area contributed by atoms with Crippen LogP contribution >= 0.6 is 46.4 Å². The molecule has 1 fully saturated rings. The summed E-state index contributed by atoms with van der Waals surface area (Å²) >= 11 is 24.3. The van der Waals surface area contributed by atoms with Crippen molar-refractivity contribution in [3.8, 4) is 0 Å². The maximum atomic E-state index is 13.0. The quantitative estimate of drug-likeness (QED) is 0.506. The molecule has 1 aliphatic rings. The second kappa shape index (κ2) is 8.71. The Bertz CT molecular complexity index is 954. The average Bonchev–Trinajstić information content (AvgIpc) is 2.62. The van der Waals surface area contributed by atoms with E-state index in [1.165, 1.54) is 6.92 Å². The fourth-order valence-electron chi connectivity index (χ4n) is 2.87. The Hall–Kier alpha value is -1.78. The van der Waals surface area contributed by atoms with Crippen LogP contribution in [0.2, 0.25) is 20.1 Å². The van der Waals surface area contributed by atoms with Gasteiger partial charge in [0, 0.05) is 51.2 Å². The largest absolute Gasteiger partial charge is 0.334 e. The molecule has 7 heteroatoms. The SMILES string of the molecule is CC(=O)N1C/C(=C/c2ccc(Cl)cc2Cl)C(=O)/C(=C/c2ccc(Cl)cc2Cl)C1. The maximum absolute atomic E-state index is 13.0. The summed E-state index contributed by atoms with van der Waals surface area (Å²) in [5.74, 6) is -0.289. The zero-order valence-corrected chi connectivity index (χ0v) is 17.8. The van der Waals surface area contributed by atoms with Crippen LogP contribution in [0.15, 0.2) is 47.5 Å². The van der Waals surface area contributed by atoms with Crippen LogP contribution in [-0.2, 0) is 9.59 Å². The molecule has 28 heavy (non-hydrogen) atoms. The van der Waals surface area contributed by atoms with Crippen LogP contribution in [0.1, 0.15) is 18.1 Å². The third kappa shape index (κ3) is 4.79. The first-order valence-corrected chi connectivity index (χ1v) is 9.87. The molecule has 0 bridgehead atoms. The minimum atomic E-state index is -0.158. The number of hydrogen-bond donors (Lipinski definition) is 0. The summed E-state index contributed by atoms with van der Waals surface area (Å²) < 4.78 is 0. The number of rotatable bonds is 2. The lowest BCUT2D eigenvalue weighted by Gasteiger charge is -2.29. The zero-order chi connectivity index (χ0) is 20.4. The predicted molar refractivity (Wildman–Crippen MR) is 116 cm³/mol. The number of ketones is 1. The van der Waals surface area contributed by atoms with Crippen molar-refractivity contribution in [2.45, 2.75) is 6.92 Å². The van der Waals surface area contributed by atoms with Gasteiger partial charge in [-0.3, -0.25) is 9.59 Å². The second-order valence-electron chi connectivity index (χ2n) is 6.38.